The molecule has 10 nitrogen and oxygen atoms in total. The highest BCUT2D eigenvalue weighted by molar-refractivity contribution is 5.97. The minimum atomic E-state index is -0.502. The molecule has 3 amide bonds. The Balaban J connectivity index is 1.43. The van der Waals surface area contributed by atoms with E-state index in [1.165, 1.54) is 6.33 Å². The second-order valence-electron chi connectivity index (χ2n) is 9.35. The van der Waals surface area contributed by atoms with Crippen molar-refractivity contribution in [1.82, 2.24) is 25.5 Å². The number of rotatable bonds is 7. The van der Waals surface area contributed by atoms with Crippen molar-refractivity contribution in [2.45, 2.75) is 20.8 Å². The summed E-state index contributed by atoms with van der Waals surface area (Å²) in [5, 5.41) is 8.36. The Morgan fingerprint density at radius 3 is 2.15 bits per heavy atom. The van der Waals surface area contributed by atoms with Crippen molar-refractivity contribution in [2.24, 2.45) is 5.41 Å². The first-order chi connectivity index (χ1) is 16.1. The number of nitrogens with zero attached hydrogens (tertiary/aromatic N) is 4. The van der Waals surface area contributed by atoms with Gasteiger partial charge in [0.05, 0.1) is 0 Å². The van der Waals surface area contributed by atoms with Gasteiger partial charge in [-0.2, -0.15) is 0 Å². The Hall–Kier alpha value is -3.53. The van der Waals surface area contributed by atoms with Gasteiger partial charge in [-0.3, -0.25) is 14.4 Å². The molecule has 2 aromatic rings. The first kappa shape index (κ1) is 25.1. The summed E-state index contributed by atoms with van der Waals surface area (Å²) in [6.07, 6.45) is 1.40. The summed E-state index contributed by atoms with van der Waals surface area (Å²) in [4.78, 5) is 49.6. The molecule has 1 aromatic carbocycles. The number of carbonyl (C=O) groups excluding carboxylic acids is 3. The SMILES string of the molecule is CN1CCN(c2cc(C(=O)NCCNC(=O)c3ccc(NC(=O)C(C)(C)C)cc3)ncn2)CC1. The summed E-state index contributed by atoms with van der Waals surface area (Å²) in [5.74, 6) is 0.0665. The molecule has 1 aliphatic rings. The molecule has 34 heavy (non-hydrogen) atoms. The molecule has 0 saturated carbocycles. The van der Waals surface area contributed by atoms with E-state index in [1.54, 1.807) is 30.3 Å². The van der Waals surface area contributed by atoms with E-state index < -0.39 is 5.41 Å². The van der Waals surface area contributed by atoms with Gasteiger partial charge in [-0.25, -0.2) is 9.97 Å². The molecule has 10 heteroatoms. The van der Waals surface area contributed by atoms with Gasteiger partial charge in [-0.15, -0.1) is 0 Å². The molecule has 1 fully saturated rings. The van der Waals surface area contributed by atoms with E-state index in [0.717, 1.165) is 32.0 Å². The van der Waals surface area contributed by atoms with E-state index in [2.05, 4.69) is 42.8 Å². The van der Waals surface area contributed by atoms with Gasteiger partial charge in [0.25, 0.3) is 11.8 Å². The van der Waals surface area contributed by atoms with Crippen LogP contribution in [0.15, 0.2) is 36.7 Å². The van der Waals surface area contributed by atoms with Crippen LogP contribution < -0.4 is 20.9 Å². The quantitative estimate of drug-likeness (QED) is 0.526. The zero-order chi connectivity index (χ0) is 24.7. The van der Waals surface area contributed by atoms with Gasteiger partial charge in [-0.05, 0) is 31.3 Å². The van der Waals surface area contributed by atoms with Crippen molar-refractivity contribution in [3.8, 4) is 0 Å². The minimum absolute atomic E-state index is 0.0974. The lowest BCUT2D eigenvalue weighted by Gasteiger charge is -2.33. The smallest absolute Gasteiger partial charge is 0.270 e. The maximum atomic E-state index is 12.5. The third kappa shape index (κ3) is 6.98. The third-order valence-electron chi connectivity index (χ3n) is 5.49. The molecule has 1 saturated heterocycles. The van der Waals surface area contributed by atoms with E-state index in [4.69, 9.17) is 0 Å². The second-order valence-corrected chi connectivity index (χ2v) is 9.35. The number of amides is 3. The van der Waals surface area contributed by atoms with Crippen LogP contribution in [0.1, 0.15) is 41.6 Å². The normalized spacial score (nSPS) is 14.4. The van der Waals surface area contributed by atoms with Crippen molar-refractivity contribution >= 4 is 29.2 Å². The molecule has 3 rings (SSSR count). The van der Waals surface area contributed by atoms with Gasteiger partial charge in [0.15, 0.2) is 0 Å². The van der Waals surface area contributed by atoms with Crippen LogP contribution in [-0.2, 0) is 4.79 Å². The predicted molar refractivity (Wildman–Crippen MR) is 131 cm³/mol. The Labute approximate surface area is 200 Å². The molecule has 2 heterocycles. The zero-order valence-electron chi connectivity index (χ0n) is 20.2. The van der Waals surface area contributed by atoms with Crippen LogP contribution in [-0.4, -0.2) is 78.9 Å². The van der Waals surface area contributed by atoms with E-state index in [-0.39, 0.29) is 30.8 Å². The predicted octanol–water partition coefficient (Wildman–Crippen LogP) is 1.37. The van der Waals surface area contributed by atoms with Crippen molar-refractivity contribution in [3.05, 3.63) is 47.9 Å². The topological polar surface area (TPSA) is 120 Å². The molecule has 1 aromatic heterocycles. The van der Waals surface area contributed by atoms with Gasteiger partial charge >= 0.3 is 0 Å². The number of anilines is 2. The van der Waals surface area contributed by atoms with Crippen LogP contribution in [0.25, 0.3) is 0 Å². The highest BCUT2D eigenvalue weighted by Crippen LogP contribution is 2.18. The molecule has 182 valence electrons. The first-order valence-corrected chi connectivity index (χ1v) is 11.4. The number of piperazine rings is 1. The summed E-state index contributed by atoms with van der Waals surface area (Å²) in [6.45, 7) is 9.62. The number of likely N-dealkylation sites (N-methyl/N-ethyl adjacent to an activating group) is 1. The molecular weight excluding hydrogens is 434 g/mol. The summed E-state index contributed by atoms with van der Waals surface area (Å²) < 4.78 is 0. The van der Waals surface area contributed by atoms with Crippen molar-refractivity contribution in [2.75, 3.05) is 56.5 Å². The number of hydrogen-bond donors (Lipinski definition) is 3. The van der Waals surface area contributed by atoms with Gasteiger partial charge in [0.1, 0.15) is 17.8 Å². The van der Waals surface area contributed by atoms with E-state index in [1.807, 2.05) is 20.8 Å². The Morgan fingerprint density at radius 1 is 0.912 bits per heavy atom. The lowest BCUT2D eigenvalue weighted by atomic mass is 9.95. The van der Waals surface area contributed by atoms with E-state index >= 15 is 0 Å². The summed E-state index contributed by atoms with van der Waals surface area (Å²) in [6, 6.07) is 8.36. The lowest BCUT2D eigenvalue weighted by molar-refractivity contribution is -0.123. The molecule has 0 aliphatic carbocycles. The van der Waals surface area contributed by atoms with Crippen LogP contribution >= 0.6 is 0 Å². The van der Waals surface area contributed by atoms with Crippen molar-refractivity contribution in [3.63, 3.8) is 0 Å². The van der Waals surface area contributed by atoms with E-state index in [9.17, 15) is 14.4 Å². The Morgan fingerprint density at radius 2 is 1.53 bits per heavy atom. The monoisotopic (exact) mass is 467 g/mol. The first-order valence-electron chi connectivity index (χ1n) is 11.4. The van der Waals surface area contributed by atoms with Gasteiger partial charge in [-0.1, -0.05) is 20.8 Å². The van der Waals surface area contributed by atoms with Crippen LogP contribution in [0, 0.1) is 5.41 Å². The number of hydrogen-bond acceptors (Lipinski definition) is 7. The fraction of sp³-hybridized carbons (Fsp3) is 0.458. The molecular formula is C24H33N7O3. The average molecular weight is 468 g/mol. The number of aromatic nitrogens is 2. The summed E-state index contributed by atoms with van der Waals surface area (Å²) in [7, 11) is 2.08. The van der Waals surface area contributed by atoms with Crippen molar-refractivity contribution < 1.29 is 14.4 Å². The maximum Gasteiger partial charge on any atom is 0.270 e. The minimum Gasteiger partial charge on any atom is -0.354 e. The van der Waals surface area contributed by atoms with Gasteiger partial charge in [0.2, 0.25) is 5.91 Å². The number of benzene rings is 1. The Kier molecular flexibility index (Phi) is 8.17. The van der Waals surface area contributed by atoms with Crippen LogP contribution in [0.2, 0.25) is 0 Å². The highest BCUT2D eigenvalue weighted by atomic mass is 16.2. The molecule has 0 spiro atoms. The van der Waals surface area contributed by atoms with Crippen LogP contribution in [0.4, 0.5) is 11.5 Å². The molecule has 0 bridgehead atoms. The van der Waals surface area contributed by atoms with Crippen LogP contribution in [0.3, 0.4) is 0 Å². The van der Waals surface area contributed by atoms with Gasteiger partial charge in [0, 0.05) is 62.0 Å². The Bertz CT molecular complexity index is 1010. The summed E-state index contributed by atoms with van der Waals surface area (Å²) >= 11 is 0. The average Bonchev–Trinajstić information content (AvgIpc) is 2.82. The largest absolute Gasteiger partial charge is 0.354 e. The van der Waals surface area contributed by atoms with Crippen molar-refractivity contribution in [1.29, 1.82) is 0 Å². The fourth-order valence-electron chi connectivity index (χ4n) is 3.25. The summed E-state index contributed by atoms with van der Waals surface area (Å²) in [5.41, 5.74) is 0.888. The number of nitrogens with one attached hydrogen (secondary N) is 3. The highest BCUT2D eigenvalue weighted by Gasteiger charge is 2.21. The lowest BCUT2D eigenvalue weighted by Crippen LogP contribution is -2.45. The molecule has 0 radical (unpaired) electrons. The fourth-order valence-corrected chi connectivity index (χ4v) is 3.25. The molecule has 0 atom stereocenters. The van der Waals surface area contributed by atoms with E-state index in [0.29, 0.717) is 16.9 Å². The second kappa shape index (κ2) is 11.1. The molecule has 3 N–H and O–H groups in total. The zero-order valence-corrected chi connectivity index (χ0v) is 20.2. The third-order valence-corrected chi connectivity index (χ3v) is 5.49. The van der Waals surface area contributed by atoms with Gasteiger partial charge < -0.3 is 25.8 Å². The number of carbonyl (C=O) groups is 3. The molecule has 1 aliphatic heterocycles. The maximum absolute atomic E-state index is 12.5. The molecule has 0 unspecified atom stereocenters. The van der Waals surface area contributed by atoms with Crippen LogP contribution in [0.5, 0.6) is 0 Å². The standard InChI is InChI=1S/C24H33N7O3/c1-24(2,3)23(34)29-18-7-5-17(6-8-18)21(32)25-9-10-26-22(33)19-15-20(28-16-27-19)31-13-11-30(4)12-14-31/h5-8,15-16H,9-14H2,1-4H3,(H,25,32)(H,26,33)(H,29,34).